The summed E-state index contributed by atoms with van der Waals surface area (Å²) < 4.78 is 34.1. The van der Waals surface area contributed by atoms with Gasteiger partial charge >= 0.3 is 0 Å². The van der Waals surface area contributed by atoms with Gasteiger partial charge in [0.15, 0.2) is 5.82 Å². The lowest BCUT2D eigenvalue weighted by Gasteiger charge is -2.06. The molecule has 5 nitrogen and oxygen atoms in total. The highest BCUT2D eigenvalue weighted by Gasteiger charge is 2.17. The zero-order valence-electron chi connectivity index (χ0n) is 7.51. The number of primary sulfonamides is 1. The van der Waals surface area contributed by atoms with Gasteiger partial charge in [0.1, 0.15) is 5.82 Å². The lowest BCUT2D eigenvalue weighted by atomic mass is 10.3. The Morgan fingerprint density at radius 1 is 1.50 bits per heavy atom. The molecule has 1 heterocycles. The van der Waals surface area contributed by atoms with E-state index in [4.69, 9.17) is 5.14 Å². The molecule has 7 heteroatoms. The first-order valence-electron chi connectivity index (χ1n) is 3.87. The molecule has 0 aliphatic rings. The van der Waals surface area contributed by atoms with Gasteiger partial charge in [-0.3, -0.25) is 0 Å². The van der Waals surface area contributed by atoms with Crippen molar-refractivity contribution >= 4 is 10.0 Å². The second kappa shape index (κ2) is 3.97. The first-order chi connectivity index (χ1) is 6.39. The van der Waals surface area contributed by atoms with Crippen molar-refractivity contribution in [1.82, 2.24) is 9.97 Å². The topological polar surface area (TPSA) is 85.9 Å². The van der Waals surface area contributed by atoms with Crippen molar-refractivity contribution in [3.05, 3.63) is 24.0 Å². The highest BCUT2D eigenvalue weighted by atomic mass is 32.2. The van der Waals surface area contributed by atoms with Crippen LogP contribution in [0.3, 0.4) is 0 Å². The van der Waals surface area contributed by atoms with Crippen molar-refractivity contribution in [1.29, 1.82) is 0 Å². The van der Waals surface area contributed by atoms with Crippen LogP contribution in [0.15, 0.2) is 12.4 Å². The Balaban J connectivity index is 2.75. The monoisotopic (exact) mass is 219 g/mol. The van der Waals surface area contributed by atoms with Gasteiger partial charge in [0.05, 0.1) is 17.6 Å². The van der Waals surface area contributed by atoms with Gasteiger partial charge in [-0.15, -0.1) is 0 Å². The Morgan fingerprint density at radius 2 is 2.00 bits per heavy atom. The molecule has 0 bridgehead atoms. The van der Waals surface area contributed by atoms with E-state index in [2.05, 4.69) is 9.97 Å². The third-order valence-electron chi connectivity index (χ3n) is 1.70. The minimum atomic E-state index is -3.58. The molecular formula is C7H10FN3O2S. The fourth-order valence-electron chi connectivity index (χ4n) is 0.818. The van der Waals surface area contributed by atoms with E-state index in [1.165, 1.54) is 6.92 Å². The summed E-state index contributed by atoms with van der Waals surface area (Å²) in [6.45, 7) is 1.45. The second-order valence-corrected chi connectivity index (χ2v) is 4.90. The van der Waals surface area contributed by atoms with E-state index in [1.807, 2.05) is 0 Å². The molecular weight excluding hydrogens is 209 g/mol. The maximum Gasteiger partial charge on any atom is 0.212 e. The SMILES string of the molecule is CC(Cc1ncc(F)cn1)S(N)(=O)=O. The van der Waals surface area contributed by atoms with Gasteiger partial charge in [0, 0.05) is 6.42 Å². The van der Waals surface area contributed by atoms with Crippen LogP contribution in [0.1, 0.15) is 12.7 Å². The lowest BCUT2D eigenvalue weighted by Crippen LogP contribution is -2.28. The molecule has 0 saturated heterocycles. The molecule has 0 saturated carbocycles. The number of hydrogen-bond acceptors (Lipinski definition) is 4. The lowest BCUT2D eigenvalue weighted by molar-refractivity contribution is 0.580. The maximum absolute atomic E-state index is 12.4. The van der Waals surface area contributed by atoms with Gasteiger partial charge in [-0.2, -0.15) is 0 Å². The molecule has 0 aliphatic heterocycles. The molecule has 1 rings (SSSR count). The molecule has 0 aromatic carbocycles. The van der Waals surface area contributed by atoms with Gasteiger partial charge in [-0.25, -0.2) is 27.9 Å². The highest BCUT2D eigenvalue weighted by Crippen LogP contribution is 2.03. The van der Waals surface area contributed by atoms with Gasteiger partial charge < -0.3 is 0 Å². The fourth-order valence-corrected chi connectivity index (χ4v) is 1.20. The summed E-state index contributed by atoms with van der Waals surface area (Å²) in [4.78, 5) is 7.25. The first kappa shape index (κ1) is 11.0. The molecule has 0 fully saturated rings. The molecule has 78 valence electrons. The molecule has 1 atom stereocenters. The van der Waals surface area contributed by atoms with E-state index in [9.17, 15) is 12.8 Å². The second-order valence-electron chi connectivity index (χ2n) is 2.92. The maximum atomic E-state index is 12.4. The highest BCUT2D eigenvalue weighted by molar-refractivity contribution is 7.89. The molecule has 0 aliphatic carbocycles. The predicted molar refractivity (Wildman–Crippen MR) is 48.3 cm³/mol. The number of aromatic nitrogens is 2. The molecule has 14 heavy (non-hydrogen) atoms. The fraction of sp³-hybridized carbons (Fsp3) is 0.429. The van der Waals surface area contributed by atoms with Gasteiger partial charge in [0.25, 0.3) is 0 Å². The summed E-state index contributed by atoms with van der Waals surface area (Å²) in [6.07, 6.45) is 2.05. The summed E-state index contributed by atoms with van der Waals surface area (Å²) in [5.41, 5.74) is 0. The van der Waals surface area contributed by atoms with E-state index in [0.717, 1.165) is 12.4 Å². The Kier molecular flexibility index (Phi) is 3.12. The minimum Gasteiger partial charge on any atom is -0.238 e. The standard InChI is InChI=1S/C7H10FN3O2S/c1-5(14(9,12)13)2-7-10-3-6(8)4-11-7/h3-5H,2H2,1H3,(H2,9,12,13). The van der Waals surface area contributed by atoms with Gasteiger partial charge in [0.2, 0.25) is 10.0 Å². The third kappa shape index (κ3) is 3.00. The van der Waals surface area contributed by atoms with E-state index >= 15 is 0 Å². The van der Waals surface area contributed by atoms with Crippen molar-refractivity contribution in [2.75, 3.05) is 0 Å². The summed E-state index contributed by atoms with van der Waals surface area (Å²) in [7, 11) is -3.58. The van der Waals surface area contributed by atoms with Crippen molar-refractivity contribution < 1.29 is 12.8 Å². The van der Waals surface area contributed by atoms with Gasteiger partial charge in [-0.05, 0) is 6.92 Å². The minimum absolute atomic E-state index is 0.0825. The number of hydrogen-bond donors (Lipinski definition) is 1. The molecule has 0 spiro atoms. The number of nitrogens with two attached hydrogens (primary N) is 1. The van der Waals surface area contributed by atoms with Crippen LogP contribution in [-0.4, -0.2) is 23.6 Å². The van der Waals surface area contributed by atoms with Crippen molar-refractivity contribution in [2.24, 2.45) is 5.14 Å². The Bertz CT molecular complexity index is 403. The van der Waals surface area contributed by atoms with Crippen LogP contribution in [0, 0.1) is 5.82 Å². The van der Waals surface area contributed by atoms with Gasteiger partial charge in [-0.1, -0.05) is 0 Å². The Morgan fingerprint density at radius 3 is 2.43 bits per heavy atom. The van der Waals surface area contributed by atoms with E-state index in [0.29, 0.717) is 0 Å². The number of halogens is 1. The van der Waals surface area contributed by atoms with Crippen LogP contribution in [0.4, 0.5) is 4.39 Å². The smallest absolute Gasteiger partial charge is 0.212 e. The first-order valence-corrected chi connectivity index (χ1v) is 5.48. The summed E-state index contributed by atoms with van der Waals surface area (Å²) in [5.74, 6) is -0.301. The van der Waals surface area contributed by atoms with Crippen LogP contribution >= 0.6 is 0 Å². The van der Waals surface area contributed by atoms with Crippen molar-refractivity contribution in [2.45, 2.75) is 18.6 Å². The summed E-state index contributed by atoms with van der Waals surface area (Å²) in [5, 5.41) is 4.13. The van der Waals surface area contributed by atoms with Crippen LogP contribution < -0.4 is 5.14 Å². The van der Waals surface area contributed by atoms with Crippen LogP contribution in [0.2, 0.25) is 0 Å². The van der Waals surface area contributed by atoms with E-state index in [1.54, 1.807) is 0 Å². The zero-order valence-corrected chi connectivity index (χ0v) is 8.33. The average molecular weight is 219 g/mol. The Hall–Kier alpha value is -1.08. The van der Waals surface area contributed by atoms with Crippen LogP contribution in [-0.2, 0) is 16.4 Å². The van der Waals surface area contributed by atoms with Crippen LogP contribution in [0.5, 0.6) is 0 Å². The summed E-state index contributed by atoms with van der Waals surface area (Å²) in [6, 6.07) is 0. The quantitative estimate of drug-likeness (QED) is 0.765. The molecule has 2 N–H and O–H groups in total. The molecule has 1 unspecified atom stereocenters. The number of rotatable bonds is 3. The Labute approximate surface area is 81.2 Å². The normalized spacial score (nSPS) is 13.9. The molecule has 1 aromatic heterocycles. The predicted octanol–water partition coefficient (Wildman–Crippen LogP) is -0.165. The number of nitrogens with zero attached hydrogens (tertiary/aromatic N) is 2. The molecule has 1 aromatic rings. The molecule has 0 radical (unpaired) electrons. The van der Waals surface area contributed by atoms with E-state index in [-0.39, 0.29) is 12.2 Å². The van der Waals surface area contributed by atoms with Crippen molar-refractivity contribution in [3.8, 4) is 0 Å². The third-order valence-corrected chi connectivity index (χ3v) is 2.99. The average Bonchev–Trinajstić information content (AvgIpc) is 2.07. The van der Waals surface area contributed by atoms with Crippen molar-refractivity contribution in [3.63, 3.8) is 0 Å². The number of sulfonamides is 1. The van der Waals surface area contributed by atoms with E-state index < -0.39 is 21.1 Å². The molecule has 0 amide bonds. The zero-order chi connectivity index (χ0) is 10.8. The largest absolute Gasteiger partial charge is 0.238 e. The van der Waals surface area contributed by atoms with Crippen LogP contribution in [0.25, 0.3) is 0 Å². The summed E-state index contributed by atoms with van der Waals surface area (Å²) >= 11 is 0.